The number of amides is 1. The number of hydrogen-bond donors (Lipinski definition) is 2. The SMILES string of the molecule is CCOC(=O)c1cnc(NC(=O)C=Cc2ccc(OC)c(OC)c2)[nH]1. The number of benzene rings is 1. The average Bonchev–Trinajstić information content (AvgIpc) is 3.08. The second-order valence-corrected chi connectivity index (χ2v) is 4.80. The Morgan fingerprint density at radius 1 is 1.24 bits per heavy atom. The van der Waals surface area contributed by atoms with Crippen molar-refractivity contribution in [3.05, 3.63) is 41.7 Å². The predicted molar refractivity (Wildman–Crippen MR) is 91.8 cm³/mol. The van der Waals surface area contributed by atoms with Crippen LogP contribution in [0.1, 0.15) is 23.0 Å². The summed E-state index contributed by atoms with van der Waals surface area (Å²) < 4.78 is 15.2. The molecular formula is C17H19N3O5. The quantitative estimate of drug-likeness (QED) is 0.589. The van der Waals surface area contributed by atoms with Crippen LogP contribution in [-0.2, 0) is 9.53 Å². The summed E-state index contributed by atoms with van der Waals surface area (Å²) in [7, 11) is 3.09. The highest BCUT2D eigenvalue weighted by Crippen LogP contribution is 2.27. The molecule has 0 spiro atoms. The summed E-state index contributed by atoms with van der Waals surface area (Å²) in [5, 5.41) is 2.52. The van der Waals surface area contributed by atoms with Crippen LogP contribution in [0.3, 0.4) is 0 Å². The summed E-state index contributed by atoms with van der Waals surface area (Å²) in [6.07, 6.45) is 4.26. The molecule has 2 aromatic rings. The Morgan fingerprint density at radius 2 is 2.00 bits per heavy atom. The van der Waals surface area contributed by atoms with Crippen molar-refractivity contribution in [1.29, 1.82) is 0 Å². The molecule has 0 saturated carbocycles. The number of methoxy groups -OCH3 is 2. The van der Waals surface area contributed by atoms with Gasteiger partial charge in [0.1, 0.15) is 5.69 Å². The van der Waals surface area contributed by atoms with E-state index in [4.69, 9.17) is 14.2 Å². The van der Waals surface area contributed by atoms with Crippen molar-refractivity contribution in [2.45, 2.75) is 6.92 Å². The number of anilines is 1. The number of hydrogen-bond acceptors (Lipinski definition) is 6. The second-order valence-electron chi connectivity index (χ2n) is 4.80. The van der Waals surface area contributed by atoms with Gasteiger partial charge in [0.2, 0.25) is 5.95 Å². The predicted octanol–water partition coefficient (Wildman–Crippen LogP) is 2.26. The monoisotopic (exact) mass is 345 g/mol. The van der Waals surface area contributed by atoms with E-state index in [1.165, 1.54) is 19.4 Å². The van der Waals surface area contributed by atoms with Crippen LogP contribution in [0, 0.1) is 0 Å². The lowest BCUT2D eigenvalue weighted by atomic mass is 10.2. The van der Waals surface area contributed by atoms with Gasteiger partial charge >= 0.3 is 5.97 Å². The first-order valence-corrected chi connectivity index (χ1v) is 7.50. The third-order valence-electron chi connectivity index (χ3n) is 3.15. The standard InChI is InChI=1S/C17H19N3O5/c1-4-25-16(22)12-10-18-17(19-12)20-15(21)8-6-11-5-7-13(23-2)14(9-11)24-3/h5-10H,4H2,1-3H3,(H2,18,19,20,21). The molecule has 1 amide bonds. The summed E-state index contributed by atoms with van der Waals surface area (Å²) in [6, 6.07) is 5.28. The molecule has 2 N–H and O–H groups in total. The van der Waals surface area contributed by atoms with Crippen LogP contribution in [0.5, 0.6) is 11.5 Å². The molecule has 0 aliphatic heterocycles. The maximum Gasteiger partial charge on any atom is 0.356 e. The largest absolute Gasteiger partial charge is 0.493 e. The number of aromatic amines is 1. The first-order chi connectivity index (χ1) is 12.1. The molecule has 0 radical (unpaired) electrons. The van der Waals surface area contributed by atoms with Crippen LogP contribution in [0.4, 0.5) is 5.95 Å². The summed E-state index contributed by atoms with van der Waals surface area (Å²) in [5.41, 5.74) is 0.931. The highest BCUT2D eigenvalue weighted by molar-refractivity contribution is 6.01. The molecule has 0 saturated heterocycles. The summed E-state index contributed by atoms with van der Waals surface area (Å²) >= 11 is 0. The minimum atomic E-state index is -0.531. The number of ether oxygens (including phenoxy) is 3. The summed E-state index contributed by atoms with van der Waals surface area (Å²) in [4.78, 5) is 30.0. The van der Waals surface area contributed by atoms with Crippen molar-refractivity contribution < 1.29 is 23.8 Å². The molecule has 0 aliphatic carbocycles. The fourth-order valence-electron chi connectivity index (χ4n) is 1.98. The normalized spacial score (nSPS) is 10.5. The highest BCUT2D eigenvalue weighted by Gasteiger charge is 2.11. The van der Waals surface area contributed by atoms with Gasteiger partial charge in [-0.1, -0.05) is 6.07 Å². The molecule has 25 heavy (non-hydrogen) atoms. The molecule has 1 aromatic heterocycles. The smallest absolute Gasteiger partial charge is 0.356 e. The van der Waals surface area contributed by atoms with E-state index in [0.717, 1.165) is 5.56 Å². The zero-order valence-corrected chi connectivity index (χ0v) is 14.2. The van der Waals surface area contributed by atoms with E-state index >= 15 is 0 Å². The van der Waals surface area contributed by atoms with E-state index in [0.29, 0.717) is 11.5 Å². The molecule has 0 aliphatic rings. The van der Waals surface area contributed by atoms with Gasteiger partial charge in [-0.15, -0.1) is 0 Å². The minimum absolute atomic E-state index is 0.157. The van der Waals surface area contributed by atoms with Gasteiger partial charge in [0, 0.05) is 6.08 Å². The molecule has 1 aromatic carbocycles. The Bertz CT molecular complexity index is 782. The van der Waals surface area contributed by atoms with E-state index in [1.54, 1.807) is 38.3 Å². The number of nitrogens with zero attached hydrogens (tertiary/aromatic N) is 1. The van der Waals surface area contributed by atoms with Gasteiger partial charge in [-0.25, -0.2) is 9.78 Å². The zero-order valence-electron chi connectivity index (χ0n) is 14.2. The molecule has 2 rings (SSSR count). The van der Waals surface area contributed by atoms with E-state index in [1.807, 2.05) is 0 Å². The Morgan fingerprint density at radius 3 is 2.68 bits per heavy atom. The molecular weight excluding hydrogens is 326 g/mol. The molecule has 8 nitrogen and oxygen atoms in total. The van der Waals surface area contributed by atoms with E-state index in [9.17, 15) is 9.59 Å². The number of rotatable bonds is 7. The van der Waals surface area contributed by atoms with Crippen LogP contribution in [-0.4, -0.2) is 42.7 Å². The average molecular weight is 345 g/mol. The third-order valence-corrected chi connectivity index (χ3v) is 3.15. The minimum Gasteiger partial charge on any atom is -0.493 e. The van der Waals surface area contributed by atoms with Crippen molar-refractivity contribution in [2.24, 2.45) is 0 Å². The molecule has 0 atom stereocenters. The van der Waals surface area contributed by atoms with Crippen molar-refractivity contribution in [3.63, 3.8) is 0 Å². The first kappa shape index (κ1) is 18.1. The number of aromatic nitrogens is 2. The summed E-state index contributed by atoms with van der Waals surface area (Å²) in [6.45, 7) is 1.96. The fourth-order valence-corrected chi connectivity index (χ4v) is 1.98. The lowest BCUT2D eigenvalue weighted by Crippen LogP contribution is -2.10. The van der Waals surface area contributed by atoms with Crippen LogP contribution in [0.25, 0.3) is 6.08 Å². The van der Waals surface area contributed by atoms with Crippen LogP contribution in [0.15, 0.2) is 30.5 Å². The summed E-state index contributed by atoms with van der Waals surface area (Å²) in [5.74, 6) is 0.391. The van der Waals surface area contributed by atoms with Gasteiger partial charge in [-0.3, -0.25) is 10.1 Å². The molecule has 132 valence electrons. The Hall–Kier alpha value is -3.29. The number of imidazole rings is 1. The zero-order chi connectivity index (χ0) is 18.2. The molecule has 8 heteroatoms. The Labute approximate surface area is 144 Å². The van der Waals surface area contributed by atoms with Crippen LogP contribution >= 0.6 is 0 Å². The second kappa shape index (κ2) is 8.53. The third kappa shape index (κ3) is 4.84. The van der Waals surface area contributed by atoms with E-state index in [-0.39, 0.29) is 18.2 Å². The fraction of sp³-hybridized carbons (Fsp3) is 0.235. The topological polar surface area (TPSA) is 103 Å². The first-order valence-electron chi connectivity index (χ1n) is 7.50. The van der Waals surface area contributed by atoms with E-state index < -0.39 is 11.9 Å². The number of carbonyl (C=O) groups is 2. The number of esters is 1. The van der Waals surface area contributed by atoms with Crippen molar-refractivity contribution >= 4 is 23.9 Å². The number of H-pyrrole nitrogens is 1. The van der Waals surface area contributed by atoms with Crippen molar-refractivity contribution in [3.8, 4) is 11.5 Å². The molecule has 0 fully saturated rings. The Balaban J connectivity index is 2.00. The van der Waals surface area contributed by atoms with Gasteiger partial charge < -0.3 is 19.2 Å². The van der Waals surface area contributed by atoms with Crippen molar-refractivity contribution in [1.82, 2.24) is 9.97 Å². The van der Waals surface area contributed by atoms with Gasteiger partial charge in [0.15, 0.2) is 11.5 Å². The number of carbonyl (C=O) groups excluding carboxylic acids is 2. The lowest BCUT2D eigenvalue weighted by molar-refractivity contribution is -0.111. The van der Waals surface area contributed by atoms with Crippen molar-refractivity contribution in [2.75, 3.05) is 26.1 Å². The van der Waals surface area contributed by atoms with Gasteiger partial charge in [-0.05, 0) is 30.7 Å². The highest BCUT2D eigenvalue weighted by atomic mass is 16.5. The van der Waals surface area contributed by atoms with Gasteiger partial charge in [0.25, 0.3) is 5.91 Å². The lowest BCUT2D eigenvalue weighted by Gasteiger charge is -2.07. The van der Waals surface area contributed by atoms with Gasteiger partial charge in [0.05, 0.1) is 27.0 Å². The molecule has 1 heterocycles. The van der Waals surface area contributed by atoms with Crippen LogP contribution in [0.2, 0.25) is 0 Å². The Kier molecular flexibility index (Phi) is 6.16. The maximum atomic E-state index is 11.9. The van der Waals surface area contributed by atoms with E-state index in [2.05, 4.69) is 15.3 Å². The maximum absolute atomic E-state index is 11.9. The molecule has 0 bridgehead atoms. The van der Waals surface area contributed by atoms with Gasteiger partial charge in [-0.2, -0.15) is 0 Å². The van der Waals surface area contributed by atoms with Crippen LogP contribution < -0.4 is 14.8 Å². The number of nitrogens with one attached hydrogen (secondary N) is 2. The molecule has 0 unspecified atom stereocenters.